The van der Waals surface area contributed by atoms with Gasteiger partial charge in [-0.25, -0.2) is 0 Å². The monoisotopic (exact) mass is 172 g/mol. The molecule has 60 valence electrons. The predicted octanol–water partition coefficient (Wildman–Crippen LogP) is 1.63. The van der Waals surface area contributed by atoms with Crippen LogP contribution in [-0.4, -0.2) is 12.1 Å². The summed E-state index contributed by atoms with van der Waals surface area (Å²) in [7, 11) is 1.54. The van der Waals surface area contributed by atoms with E-state index in [0.717, 1.165) is 5.69 Å². The average Bonchev–Trinajstić information content (AvgIpc) is 1.99. The number of pyridine rings is 1. The molecule has 1 heterocycles. The molecule has 0 amide bonds. The van der Waals surface area contributed by atoms with Gasteiger partial charge in [-0.15, -0.1) is 0 Å². The Bertz CT molecular complexity index is 275. The molecule has 0 bridgehead atoms. The van der Waals surface area contributed by atoms with Gasteiger partial charge in [0.25, 0.3) is 0 Å². The van der Waals surface area contributed by atoms with Gasteiger partial charge >= 0.3 is 0 Å². The summed E-state index contributed by atoms with van der Waals surface area (Å²) in [5.74, 6) is 0.553. The van der Waals surface area contributed by atoms with Crippen molar-refractivity contribution in [2.75, 3.05) is 12.8 Å². The van der Waals surface area contributed by atoms with Gasteiger partial charge in [-0.1, -0.05) is 11.6 Å². The van der Waals surface area contributed by atoms with Crippen LogP contribution in [0, 0.1) is 6.92 Å². The van der Waals surface area contributed by atoms with Crippen molar-refractivity contribution in [2.24, 2.45) is 0 Å². The molecule has 4 heteroatoms. The molecule has 0 aromatic carbocycles. The molecular formula is C7H9ClN2O. The summed E-state index contributed by atoms with van der Waals surface area (Å²) in [6.07, 6.45) is 1.51. The number of halogens is 1. The maximum Gasteiger partial charge on any atom is 0.164 e. The standard InChI is InChI=1S/C7H9ClN2O/c1-4-7(11-2)6(9)5(8)3-10-4/h3H,1-2H3,(H2,9,10). The summed E-state index contributed by atoms with van der Waals surface area (Å²) in [5, 5.41) is 0.424. The number of anilines is 1. The minimum Gasteiger partial charge on any atom is -0.493 e. The highest BCUT2D eigenvalue weighted by Gasteiger charge is 2.07. The van der Waals surface area contributed by atoms with E-state index in [-0.39, 0.29) is 0 Å². The van der Waals surface area contributed by atoms with Crippen molar-refractivity contribution in [3.05, 3.63) is 16.9 Å². The van der Waals surface area contributed by atoms with Crippen molar-refractivity contribution in [1.29, 1.82) is 0 Å². The maximum atomic E-state index is 5.70. The Labute approximate surface area is 70.1 Å². The van der Waals surface area contributed by atoms with E-state index in [1.165, 1.54) is 13.3 Å². The minimum absolute atomic E-state index is 0.424. The van der Waals surface area contributed by atoms with Crippen molar-refractivity contribution in [3.8, 4) is 5.75 Å². The van der Waals surface area contributed by atoms with Crippen molar-refractivity contribution < 1.29 is 4.74 Å². The van der Waals surface area contributed by atoms with Crippen molar-refractivity contribution in [3.63, 3.8) is 0 Å². The molecule has 0 aliphatic heterocycles. The summed E-state index contributed by atoms with van der Waals surface area (Å²) in [5.41, 5.74) is 6.79. The first-order valence-electron chi connectivity index (χ1n) is 3.11. The number of hydrogen-bond acceptors (Lipinski definition) is 3. The number of aryl methyl sites for hydroxylation is 1. The van der Waals surface area contributed by atoms with E-state index < -0.39 is 0 Å². The lowest BCUT2D eigenvalue weighted by Gasteiger charge is -2.07. The van der Waals surface area contributed by atoms with Gasteiger partial charge in [-0.05, 0) is 6.92 Å². The van der Waals surface area contributed by atoms with Gasteiger partial charge in [0.2, 0.25) is 0 Å². The fraction of sp³-hybridized carbons (Fsp3) is 0.286. The molecule has 1 rings (SSSR count). The quantitative estimate of drug-likeness (QED) is 0.701. The molecule has 1 aromatic rings. The zero-order valence-corrected chi connectivity index (χ0v) is 7.14. The van der Waals surface area contributed by atoms with Crippen LogP contribution in [0.2, 0.25) is 5.02 Å². The van der Waals surface area contributed by atoms with Crippen molar-refractivity contribution >= 4 is 17.3 Å². The number of methoxy groups -OCH3 is 1. The van der Waals surface area contributed by atoms with Crippen LogP contribution in [0.4, 0.5) is 5.69 Å². The van der Waals surface area contributed by atoms with Gasteiger partial charge in [0.1, 0.15) is 0 Å². The number of nitrogen functional groups attached to an aromatic ring is 1. The molecule has 3 nitrogen and oxygen atoms in total. The summed E-state index contributed by atoms with van der Waals surface area (Å²) in [6, 6.07) is 0. The second-order valence-corrected chi connectivity index (χ2v) is 2.55. The van der Waals surface area contributed by atoms with E-state index >= 15 is 0 Å². The van der Waals surface area contributed by atoms with Crippen molar-refractivity contribution in [1.82, 2.24) is 4.98 Å². The second-order valence-electron chi connectivity index (χ2n) is 2.14. The van der Waals surface area contributed by atoms with Gasteiger partial charge in [0, 0.05) is 6.20 Å². The third kappa shape index (κ3) is 1.38. The average molecular weight is 173 g/mol. The molecule has 1 aromatic heterocycles. The second kappa shape index (κ2) is 2.96. The largest absolute Gasteiger partial charge is 0.493 e. The normalized spacial score (nSPS) is 9.73. The Morgan fingerprint density at radius 3 is 2.73 bits per heavy atom. The molecule has 0 radical (unpaired) electrons. The van der Waals surface area contributed by atoms with Crippen LogP contribution in [0.3, 0.4) is 0 Å². The van der Waals surface area contributed by atoms with Crippen LogP contribution < -0.4 is 10.5 Å². The zero-order chi connectivity index (χ0) is 8.43. The van der Waals surface area contributed by atoms with Crippen molar-refractivity contribution in [2.45, 2.75) is 6.92 Å². The van der Waals surface area contributed by atoms with Crippen LogP contribution in [0.15, 0.2) is 6.20 Å². The summed E-state index contributed by atoms with van der Waals surface area (Å²) in [4.78, 5) is 3.97. The lowest BCUT2D eigenvalue weighted by atomic mass is 10.3. The Balaban J connectivity index is 3.29. The summed E-state index contributed by atoms with van der Waals surface area (Å²) < 4.78 is 4.98. The number of aromatic nitrogens is 1. The first kappa shape index (κ1) is 8.14. The lowest BCUT2D eigenvalue weighted by Crippen LogP contribution is -1.97. The lowest BCUT2D eigenvalue weighted by molar-refractivity contribution is 0.411. The Kier molecular flexibility index (Phi) is 2.19. The van der Waals surface area contributed by atoms with Crippen LogP contribution in [-0.2, 0) is 0 Å². The molecule has 11 heavy (non-hydrogen) atoms. The smallest absolute Gasteiger partial charge is 0.164 e. The predicted molar refractivity (Wildman–Crippen MR) is 44.9 cm³/mol. The first-order chi connectivity index (χ1) is 5.16. The van der Waals surface area contributed by atoms with Gasteiger partial charge in [-0.3, -0.25) is 4.98 Å². The van der Waals surface area contributed by atoms with Crippen LogP contribution in [0.5, 0.6) is 5.75 Å². The highest BCUT2D eigenvalue weighted by molar-refractivity contribution is 6.33. The third-order valence-electron chi connectivity index (χ3n) is 1.41. The zero-order valence-electron chi connectivity index (χ0n) is 6.39. The summed E-state index contributed by atoms with van der Waals surface area (Å²) in [6.45, 7) is 1.81. The van der Waals surface area contributed by atoms with Gasteiger partial charge in [0.05, 0.1) is 23.5 Å². The molecule has 0 saturated heterocycles. The molecule has 0 saturated carbocycles. The van der Waals surface area contributed by atoms with E-state index in [9.17, 15) is 0 Å². The van der Waals surface area contributed by atoms with Crippen LogP contribution in [0.25, 0.3) is 0 Å². The summed E-state index contributed by atoms with van der Waals surface area (Å²) >= 11 is 5.70. The van der Waals surface area contributed by atoms with E-state index in [0.29, 0.717) is 16.5 Å². The topological polar surface area (TPSA) is 48.1 Å². The molecule has 0 unspecified atom stereocenters. The van der Waals surface area contributed by atoms with Crippen LogP contribution in [0.1, 0.15) is 5.69 Å². The molecule has 0 aliphatic carbocycles. The number of hydrogen-bond donors (Lipinski definition) is 1. The van der Waals surface area contributed by atoms with E-state index in [2.05, 4.69) is 4.98 Å². The number of nitrogens with zero attached hydrogens (tertiary/aromatic N) is 1. The highest BCUT2D eigenvalue weighted by atomic mass is 35.5. The molecule has 0 fully saturated rings. The van der Waals surface area contributed by atoms with Gasteiger partial charge in [0.15, 0.2) is 5.75 Å². The van der Waals surface area contributed by atoms with Crippen LogP contribution >= 0.6 is 11.6 Å². The highest BCUT2D eigenvalue weighted by Crippen LogP contribution is 2.30. The SMILES string of the molecule is COc1c(C)ncc(Cl)c1N. The Morgan fingerprint density at radius 1 is 1.64 bits per heavy atom. The Morgan fingerprint density at radius 2 is 2.27 bits per heavy atom. The fourth-order valence-corrected chi connectivity index (χ4v) is 0.977. The molecule has 0 aliphatic rings. The molecular weight excluding hydrogens is 164 g/mol. The minimum atomic E-state index is 0.424. The number of rotatable bonds is 1. The molecule has 0 spiro atoms. The molecule has 0 atom stereocenters. The number of ether oxygens (including phenoxy) is 1. The number of nitrogens with two attached hydrogens (primary N) is 1. The van der Waals surface area contributed by atoms with E-state index in [1.807, 2.05) is 6.92 Å². The van der Waals surface area contributed by atoms with Gasteiger partial charge in [-0.2, -0.15) is 0 Å². The first-order valence-corrected chi connectivity index (χ1v) is 3.49. The fourth-order valence-electron chi connectivity index (χ4n) is 0.843. The third-order valence-corrected chi connectivity index (χ3v) is 1.71. The van der Waals surface area contributed by atoms with Gasteiger partial charge < -0.3 is 10.5 Å². The van der Waals surface area contributed by atoms with E-state index in [4.69, 9.17) is 22.1 Å². The Hall–Kier alpha value is -0.960. The molecule has 2 N–H and O–H groups in total. The maximum absolute atomic E-state index is 5.70. The van der Waals surface area contributed by atoms with E-state index in [1.54, 1.807) is 0 Å².